The maximum absolute atomic E-state index is 12.3. The average Bonchev–Trinajstić information content (AvgIpc) is 2.75. The van der Waals surface area contributed by atoms with E-state index < -0.39 is 6.10 Å². The van der Waals surface area contributed by atoms with Crippen molar-refractivity contribution < 1.29 is 14.3 Å². The Hall–Kier alpha value is -0.810. The molecule has 1 aliphatic heterocycles. The summed E-state index contributed by atoms with van der Waals surface area (Å²) in [6, 6.07) is 1.58. The first-order chi connectivity index (χ1) is 8.09. The number of furan rings is 1. The highest BCUT2D eigenvalue weighted by atomic mass is 79.9. The minimum absolute atomic E-state index is 0.0648. The van der Waals surface area contributed by atoms with Crippen LogP contribution < -0.4 is 0 Å². The van der Waals surface area contributed by atoms with Gasteiger partial charge in [0, 0.05) is 12.6 Å². The van der Waals surface area contributed by atoms with Crippen LogP contribution in [0.1, 0.15) is 36.5 Å². The topological polar surface area (TPSA) is 53.7 Å². The molecule has 5 heteroatoms. The zero-order valence-electron chi connectivity index (χ0n) is 9.73. The molecule has 2 heterocycles. The number of nitrogens with zero attached hydrogens (tertiary/aromatic N) is 1. The Morgan fingerprint density at radius 2 is 2.41 bits per heavy atom. The van der Waals surface area contributed by atoms with Crippen LogP contribution in [0.4, 0.5) is 0 Å². The van der Waals surface area contributed by atoms with E-state index in [1.54, 1.807) is 17.9 Å². The van der Waals surface area contributed by atoms with Gasteiger partial charge in [-0.25, -0.2) is 0 Å². The Balaban J connectivity index is 2.16. The van der Waals surface area contributed by atoms with E-state index in [2.05, 4.69) is 15.9 Å². The number of aliphatic hydroxyl groups excluding tert-OH is 1. The third-order valence-electron chi connectivity index (χ3n) is 3.18. The average molecular weight is 302 g/mol. The van der Waals surface area contributed by atoms with Crippen LogP contribution in [0, 0.1) is 0 Å². The summed E-state index contributed by atoms with van der Waals surface area (Å²) in [5.74, 6) is -0.0648. The summed E-state index contributed by atoms with van der Waals surface area (Å²) in [5, 5.41) is 9.72. The molecule has 2 atom stereocenters. The monoisotopic (exact) mass is 301 g/mol. The molecule has 1 amide bonds. The number of hydrogen-bond donors (Lipinski definition) is 1. The van der Waals surface area contributed by atoms with Gasteiger partial charge in [-0.1, -0.05) is 0 Å². The molecule has 0 bridgehead atoms. The first-order valence-electron chi connectivity index (χ1n) is 5.82. The van der Waals surface area contributed by atoms with Gasteiger partial charge in [0.15, 0.2) is 4.67 Å². The van der Waals surface area contributed by atoms with Crippen molar-refractivity contribution in [2.45, 2.75) is 38.3 Å². The normalized spacial score (nSPS) is 22.5. The second kappa shape index (κ2) is 5.23. The van der Waals surface area contributed by atoms with Crippen LogP contribution in [0.2, 0.25) is 0 Å². The second-order valence-electron chi connectivity index (χ2n) is 4.44. The molecule has 2 rings (SSSR count). The van der Waals surface area contributed by atoms with Crippen LogP contribution in [0.25, 0.3) is 0 Å². The van der Waals surface area contributed by atoms with E-state index in [4.69, 9.17) is 4.42 Å². The summed E-state index contributed by atoms with van der Waals surface area (Å²) in [4.78, 5) is 14.0. The molecule has 17 heavy (non-hydrogen) atoms. The Bertz CT molecular complexity index is 402. The Morgan fingerprint density at radius 3 is 3.00 bits per heavy atom. The van der Waals surface area contributed by atoms with Crippen LogP contribution >= 0.6 is 15.9 Å². The maximum Gasteiger partial charge on any atom is 0.257 e. The lowest BCUT2D eigenvalue weighted by atomic mass is 9.97. The molecule has 1 aromatic rings. The summed E-state index contributed by atoms with van der Waals surface area (Å²) in [6.45, 7) is 2.44. The fourth-order valence-corrected chi connectivity index (χ4v) is 2.64. The van der Waals surface area contributed by atoms with Gasteiger partial charge in [0.25, 0.3) is 5.91 Å². The number of hydrogen-bond acceptors (Lipinski definition) is 3. The summed E-state index contributed by atoms with van der Waals surface area (Å²) in [5.41, 5.74) is 0.532. The molecule has 1 aliphatic rings. The lowest BCUT2D eigenvalue weighted by molar-refractivity contribution is 0.0280. The highest BCUT2D eigenvalue weighted by Crippen LogP contribution is 2.23. The van der Waals surface area contributed by atoms with E-state index >= 15 is 0 Å². The molecule has 0 spiro atoms. The van der Waals surface area contributed by atoms with E-state index in [1.165, 1.54) is 6.26 Å². The van der Waals surface area contributed by atoms with Crippen molar-refractivity contribution in [3.8, 4) is 0 Å². The summed E-state index contributed by atoms with van der Waals surface area (Å²) in [7, 11) is 0. The van der Waals surface area contributed by atoms with Crippen molar-refractivity contribution in [2.24, 2.45) is 0 Å². The molecule has 1 aromatic heterocycles. The van der Waals surface area contributed by atoms with Crippen LogP contribution in [-0.4, -0.2) is 34.6 Å². The fourth-order valence-electron chi connectivity index (χ4n) is 2.30. The number of halogens is 1. The molecular formula is C12H16BrNO3. The smallest absolute Gasteiger partial charge is 0.257 e. The molecule has 1 N–H and O–H groups in total. The quantitative estimate of drug-likeness (QED) is 0.913. The minimum Gasteiger partial charge on any atom is -0.457 e. The molecule has 0 saturated carbocycles. The Kier molecular flexibility index (Phi) is 3.89. The highest BCUT2D eigenvalue weighted by Gasteiger charge is 2.31. The number of carbonyl (C=O) groups is 1. The van der Waals surface area contributed by atoms with Gasteiger partial charge in [0.05, 0.1) is 17.7 Å². The zero-order chi connectivity index (χ0) is 12.4. The Labute approximate surface area is 109 Å². The summed E-state index contributed by atoms with van der Waals surface area (Å²) >= 11 is 3.18. The van der Waals surface area contributed by atoms with Crippen molar-refractivity contribution in [2.75, 3.05) is 6.54 Å². The third kappa shape index (κ3) is 2.72. The standard InChI is InChI=1S/C12H16BrNO3/c1-8(15)10-4-2-3-5-14(10)12(16)9-6-11(13)17-7-9/h6-8,10,15H,2-5H2,1H3. The lowest BCUT2D eigenvalue weighted by Gasteiger charge is -2.37. The molecule has 0 radical (unpaired) electrons. The number of rotatable bonds is 2. The van der Waals surface area contributed by atoms with Gasteiger partial charge >= 0.3 is 0 Å². The maximum atomic E-state index is 12.3. The highest BCUT2D eigenvalue weighted by molar-refractivity contribution is 9.10. The first kappa shape index (κ1) is 12.6. The number of carbonyl (C=O) groups excluding carboxylic acids is 1. The predicted octanol–water partition coefficient (Wildman–Crippen LogP) is 2.42. The molecule has 94 valence electrons. The summed E-state index contributed by atoms with van der Waals surface area (Å²) in [6.07, 6.45) is 3.87. The van der Waals surface area contributed by atoms with Crippen LogP contribution in [-0.2, 0) is 0 Å². The van der Waals surface area contributed by atoms with Crippen LogP contribution in [0.5, 0.6) is 0 Å². The van der Waals surface area contributed by atoms with Crippen molar-refractivity contribution >= 4 is 21.8 Å². The second-order valence-corrected chi connectivity index (χ2v) is 5.22. The van der Waals surface area contributed by atoms with Crippen molar-refractivity contribution in [3.05, 3.63) is 22.6 Å². The van der Waals surface area contributed by atoms with Crippen molar-refractivity contribution in [1.29, 1.82) is 0 Å². The lowest BCUT2D eigenvalue weighted by Crippen LogP contribution is -2.48. The van der Waals surface area contributed by atoms with E-state index in [9.17, 15) is 9.90 Å². The summed E-state index contributed by atoms with van der Waals surface area (Å²) < 4.78 is 5.63. The Morgan fingerprint density at radius 1 is 1.65 bits per heavy atom. The third-order valence-corrected chi connectivity index (χ3v) is 3.60. The van der Waals surface area contributed by atoms with Crippen LogP contribution in [0.15, 0.2) is 21.4 Å². The molecule has 1 fully saturated rings. The predicted molar refractivity (Wildman–Crippen MR) is 66.8 cm³/mol. The van der Waals surface area contributed by atoms with Gasteiger partial charge in [-0.2, -0.15) is 0 Å². The van der Waals surface area contributed by atoms with Gasteiger partial charge in [-0.15, -0.1) is 0 Å². The number of likely N-dealkylation sites (tertiary alicyclic amines) is 1. The molecule has 1 saturated heterocycles. The molecule has 4 nitrogen and oxygen atoms in total. The van der Waals surface area contributed by atoms with Crippen molar-refractivity contribution in [1.82, 2.24) is 4.90 Å². The SMILES string of the molecule is CC(O)C1CCCCN1C(=O)c1coc(Br)c1. The number of piperidine rings is 1. The van der Waals surface area contributed by atoms with Crippen LogP contribution in [0.3, 0.4) is 0 Å². The zero-order valence-corrected chi connectivity index (χ0v) is 11.3. The number of amides is 1. The largest absolute Gasteiger partial charge is 0.457 e. The number of aliphatic hydroxyl groups is 1. The minimum atomic E-state index is -0.491. The van der Waals surface area contributed by atoms with Gasteiger partial charge in [-0.3, -0.25) is 4.79 Å². The van der Waals surface area contributed by atoms with Crippen molar-refractivity contribution in [3.63, 3.8) is 0 Å². The van der Waals surface area contributed by atoms with Gasteiger partial charge in [0.1, 0.15) is 6.26 Å². The van der Waals surface area contributed by atoms with E-state index in [0.717, 1.165) is 19.3 Å². The van der Waals surface area contributed by atoms with E-state index in [0.29, 0.717) is 16.8 Å². The molecule has 0 aromatic carbocycles. The fraction of sp³-hybridized carbons (Fsp3) is 0.583. The van der Waals surface area contributed by atoms with Gasteiger partial charge < -0.3 is 14.4 Å². The molecule has 0 aliphatic carbocycles. The van der Waals surface area contributed by atoms with Gasteiger partial charge in [0.2, 0.25) is 0 Å². The van der Waals surface area contributed by atoms with Gasteiger partial charge in [-0.05, 0) is 42.1 Å². The van der Waals surface area contributed by atoms with E-state index in [1.807, 2.05) is 0 Å². The molecular weight excluding hydrogens is 286 g/mol. The first-order valence-corrected chi connectivity index (χ1v) is 6.62. The molecule has 2 unspecified atom stereocenters. The van der Waals surface area contributed by atoms with E-state index in [-0.39, 0.29) is 11.9 Å².